The second-order valence-corrected chi connectivity index (χ2v) is 6.98. The van der Waals surface area contributed by atoms with Gasteiger partial charge in [0, 0.05) is 5.69 Å². The highest BCUT2D eigenvalue weighted by Crippen LogP contribution is 2.33. The lowest BCUT2D eigenvalue weighted by atomic mass is 9.98. The van der Waals surface area contributed by atoms with Crippen LogP contribution in [0.3, 0.4) is 0 Å². The maximum atomic E-state index is 12.7. The average molecular weight is 368 g/mol. The number of pyridine rings is 1. The molecule has 0 fully saturated rings. The Hall–Kier alpha value is -3.09. The fraction of sp³-hybridized carbons (Fsp3) is 0.350. The van der Waals surface area contributed by atoms with Crippen LogP contribution in [0.1, 0.15) is 37.8 Å². The smallest absolute Gasteiger partial charge is 0.269 e. The quantitative estimate of drug-likeness (QED) is 0.865. The van der Waals surface area contributed by atoms with Crippen LogP contribution in [0, 0.1) is 6.92 Å². The number of aryl methyl sites for hydroxylation is 1. The van der Waals surface area contributed by atoms with Gasteiger partial charge in [-0.2, -0.15) is 0 Å². The zero-order chi connectivity index (χ0) is 19.7. The zero-order valence-corrected chi connectivity index (χ0v) is 15.9. The summed E-state index contributed by atoms with van der Waals surface area (Å²) in [7, 11) is 0. The third-order valence-corrected chi connectivity index (χ3v) is 4.53. The van der Waals surface area contributed by atoms with Gasteiger partial charge < -0.3 is 15.8 Å². The number of rotatable bonds is 4. The standard InChI is InChI=1S/C20H24N4O3/c1-11(2)14-7-5-6-12(3)18(14)23-17(25)10-24-19-15(8-9-16(21)22-19)27-13(4)20(24)26/h5-9,11,13H,10H2,1-4H3,(H2,21,22)(H,23,25). The topological polar surface area (TPSA) is 97.5 Å². The zero-order valence-electron chi connectivity index (χ0n) is 15.9. The van der Waals surface area contributed by atoms with Gasteiger partial charge >= 0.3 is 0 Å². The van der Waals surface area contributed by atoms with Gasteiger partial charge in [-0.3, -0.25) is 14.5 Å². The number of carbonyl (C=O) groups is 2. The lowest BCUT2D eigenvalue weighted by molar-refractivity contribution is -0.127. The summed E-state index contributed by atoms with van der Waals surface area (Å²) in [5.41, 5.74) is 8.55. The fourth-order valence-electron chi connectivity index (χ4n) is 3.12. The number of anilines is 3. The summed E-state index contributed by atoms with van der Waals surface area (Å²) in [4.78, 5) is 30.8. The normalized spacial score (nSPS) is 16.1. The highest BCUT2D eigenvalue weighted by molar-refractivity contribution is 6.05. The van der Waals surface area contributed by atoms with Crippen molar-refractivity contribution in [1.29, 1.82) is 0 Å². The minimum atomic E-state index is -0.694. The maximum absolute atomic E-state index is 12.7. The molecule has 2 heterocycles. The van der Waals surface area contributed by atoms with Crippen molar-refractivity contribution in [2.24, 2.45) is 0 Å². The number of benzene rings is 1. The molecular weight excluding hydrogens is 344 g/mol. The van der Waals surface area contributed by atoms with Crippen LogP contribution in [-0.4, -0.2) is 29.4 Å². The number of nitrogens with one attached hydrogen (secondary N) is 1. The minimum absolute atomic E-state index is 0.165. The number of fused-ring (bicyclic) bond motifs is 1. The number of nitrogen functional groups attached to an aromatic ring is 1. The Morgan fingerprint density at radius 2 is 2.07 bits per heavy atom. The minimum Gasteiger partial charge on any atom is -0.477 e. The molecule has 7 nitrogen and oxygen atoms in total. The highest BCUT2D eigenvalue weighted by Gasteiger charge is 2.34. The molecule has 2 aromatic rings. The van der Waals surface area contributed by atoms with Gasteiger partial charge in [0.1, 0.15) is 12.4 Å². The van der Waals surface area contributed by atoms with Crippen LogP contribution in [0.4, 0.5) is 17.3 Å². The number of ether oxygens (including phenoxy) is 1. The Labute approximate surface area is 158 Å². The first-order chi connectivity index (χ1) is 12.8. The summed E-state index contributed by atoms with van der Waals surface area (Å²) >= 11 is 0. The Morgan fingerprint density at radius 3 is 2.78 bits per heavy atom. The molecule has 1 atom stereocenters. The molecule has 1 aromatic heterocycles. The van der Waals surface area contributed by atoms with Crippen molar-refractivity contribution in [1.82, 2.24) is 4.98 Å². The Morgan fingerprint density at radius 1 is 1.33 bits per heavy atom. The maximum Gasteiger partial charge on any atom is 0.269 e. The molecule has 7 heteroatoms. The number of nitrogens with zero attached hydrogens (tertiary/aromatic N) is 2. The predicted octanol–water partition coefficient (Wildman–Crippen LogP) is 2.85. The van der Waals surface area contributed by atoms with E-state index in [0.717, 1.165) is 16.8 Å². The number of para-hydroxylation sites is 1. The first-order valence-corrected chi connectivity index (χ1v) is 8.92. The van der Waals surface area contributed by atoms with Gasteiger partial charge in [0.15, 0.2) is 17.7 Å². The van der Waals surface area contributed by atoms with Gasteiger partial charge in [-0.05, 0) is 43.0 Å². The summed E-state index contributed by atoms with van der Waals surface area (Å²) in [5, 5.41) is 2.96. The van der Waals surface area contributed by atoms with E-state index in [1.54, 1.807) is 19.1 Å². The molecule has 1 aliphatic heterocycles. The van der Waals surface area contributed by atoms with Crippen LogP contribution < -0.4 is 20.7 Å². The van der Waals surface area contributed by atoms with Gasteiger partial charge in [-0.1, -0.05) is 32.0 Å². The molecule has 1 unspecified atom stereocenters. The molecule has 2 amide bonds. The molecule has 0 bridgehead atoms. The molecule has 1 aromatic carbocycles. The molecule has 3 N–H and O–H groups in total. The molecule has 3 rings (SSSR count). The van der Waals surface area contributed by atoms with E-state index in [2.05, 4.69) is 24.1 Å². The molecule has 0 saturated heterocycles. The first kappa shape index (κ1) is 18.7. The van der Waals surface area contributed by atoms with Crippen LogP contribution in [0.25, 0.3) is 0 Å². The van der Waals surface area contributed by atoms with E-state index in [1.165, 1.54) is 4.90 Å². The second kappa shape index (κ2) is 7.26. The van der Waals surface area contributed by atoms with E-state index in [9.17, 15) is 9.59 Å². The van der Waals surface area contributed by atoms with Crippen molar-refractivity contribution >= 4 is 29.1 Å². The number of carbonyl (C=O) groups excluding carboxylic acids is 2. The van der Waals surface area contributed by atoms with Gasteiger partial charge in [0.05, 0.1) is 0 Å². The third kappa shape index (κ3) is 3.72. The largest absolute Gasteiger partial charge is 0.477 e. The van der Waals surface area contributed by atoms with Crippen molar-refractivity contribution in [3.05, 3.63) is 41.5 Å². The van der Waals surface area contributed by atoms with Gasteiger partial charge in [-0.15, -0.1) is 0 Å². The van der Waals surface area contributed by atoms with Crippen LogP contribution >= 0.6 is 0 Å². The molecule has 0 saturated carbocycles. The molecule has 27 heavy (non-hydrogen) atoms. The third-order valence-electron chi connectivity index (χ3n) is 4.53. The van der Waals surface area contributed by atoms with E-state index < -0.39 is 6.10 Å². The molecule has 1 aliphatic rings. The monoisotopic (exact) mass is 368 g/mol. The van der Waals surface area contributed by atoms with Crippen molar-refractivity contribution in [2.75, 3.05) is 22.5 Å². The number of hydrogen-bond acceptors (Lipinski definition) is 5. The van der Waals surface area contributed by atoms with Crippen molar-refractivity contribution < 1.29 is 14.3 Å². The summed E-state index contributed by atoms with van der Waals surface area (Å²) < 4.78 is 5.56. The number of aromatic nitrogens is 1. The van der Waals surface area contributed by atoms with Gasteiger partial charge in [0.25, 0.3) is 5.91 Å². The van der Waals surface area contributed by atoms with E-state index in [4.69, 9.17) is 10.5 Å². The van der Waals surface area contributed by atoms with Crippen LogP contribution in [0.15, 0.2) is 30.3 Å². The number of hydrogen-bond donors (Lipinski definition) is 2. The average Bonchev–Trinajstić information content (AvgIpc) is 2.61. The predicted molar refractivity (Wildman–Crippen MR) is 105 cm³/mol. The fourth-order valence-corrected chi connectivity index (χ4v) is 3.12. The number of amides is 2. The van der Waals surface area contributed by atoms with Gasteiger partial charge in [0.2, 0.25) is 5.91 Å². The Bertz CT molecular complexity index is 895. The van der Waals surface area contributed by atoms with Crippen molar-refractivity contribution in [3.63, 3.8) is 0 Å². The molecule has 0 aliphatic carbocycles. The number of nitrogens with two attached hydrogens (primary N) is 1. The Kier molecular flexibility index (Phi) is 5.03. The van der Waals surface area contributed by atoms with Crippen LogP contribution in [0.2, 0.25) is 0 Å². The lowest BCUT2D eigenvalue weighted by Crippen LogP contribution is -2.48. The Balaban J connectivity index is 1.87. The molecule has 0 spiro atoms. The van der Waals surface area contributed by atoms with Crippen LogP contribution in [-0.2, 0) is 9.59 Å². The SMILES string of the molecule is Cc1cccc(C(C)C)c1NC(=O)CN1C(=O)C(C)Oc2ccc(N)nc21. The lowest BCUT2D eigenvalue weighted by Gasteiger charge is -2.31. The van der Waals surface area contributed by atoms with E-state index in [-0.39, 0.29) is 35.9 Å². The highest BCUT2D eigenvalue weighted by atomic mass is 16.5. The summed E-state index contributed by atoms with van der Waals surface area (Å²) in [5.74, 6) is 0.581. The van der Waals surface area contributed by atoms with E-state index in [0.29, 0.717) is 5.75 Å². The van der Waals surface area contributed by atoms with Crippen molar-refractivity contribution in [3.8, 4) is 5.75 Å². The summed E-state index contributed by atoms with van der Waals surface area (Å²) in [6, 6.07) is 9.16. The molecule has 142 valence electrons. The van der Waals surface area contributed by atoms with Crippen LogP contribution in [0.5, 0.6) is 5.75 Å². The molecule has 0 radical (unpaired) electrons. The molecular formula is C20H24N4O3. The summed E-state index contributed by atoms with van der Waals surface area (Å²) in [6.45, 7) is 7.56. The van der Waals surface area contributed by atoms with E-state index >= 15 is 0 Å². The van der Waals surface area contributed by atoms with Crippen molar-refractivity contribution in [2.45, 2.75) is 39.7 Å². The first-order valence-electron chi connectivity index (χ1n) is 8.92. The van der Waals surface area contributed by atoms with Gasteiger partial charge in [-0.25, -0.2) is 4.98 Å². The second-order valence-electron chi connectivity index (χ2n) is 6.98. The summed E-state index contributed by atoms with van der Waals surface area (Å²) in [6.07, 6.45) is -0.694. The van der Waals surface area contributed by atoms with E-state index in [1.807, 2.05) is 25.1 Å².